The summed E-state index contributed by atoms with van der Waals surface area (Å²) >= 11 is 0. The quantitative estimate of drug-likeness (QED) is 0.737. The summed E-state index contributed by atoms with van der Waals surface area (Å²) in [4.78, 5) is 16.2. The van der Waals surface area contributed by atoms with Gasteiger partial charge in [0.25, 0.3) is 0 Å². The summed E-state index contributed by atoms with van der Waals surface area (Å²) in [5, 5.41) is 6.52. The second-order valence-electron chi connectivity index (χ2n) is 4.36. The number of benzene rings is 2. The minimum absolute atomic E-state index is 0.284. The van der Waals surface area contributed by atoms with E-state index in [0.29, 0.717) is 5.69 Å². The second-order valence-corrected chi connectivity index (χ2v) is 4.36. The van der Waals surface area contributed by atoms with Gasteiger partial charge in [0, 0.05) is 11.1 Å². The standard InChI is InChI=1S/C16H13N3O/c20-16(18-13-7-2-1-3-8-13)19-14-10-12-6-4-5-9-15(12)17-11-14/h1-11H,(H2,18,19,20). The van der Waals surface area contributed by atoms with Crippen LogP contribution in [0.2, 0.25) is 0 Å². The molecule has 4 nitrogen and oxygen atoms in total. The maximum atomic E-state index is 11.9. The number of carbonyl (C=O) groups is 1. The number of anilines is 2. The van der Waals surface area contributed by atoms with E-state index in [4.69, 9.17) is 0 Å². The fraction of sp³-hybridized carbons (Fsp3) is 0. The number of urea groups is 1. The summed E-state index contributed by atoms with van der Waals surface area (Å²) < 4.78 is 0. The predicted octanol–water partition coefficient (Wildman–Crippen LogP) is 3.88. The first-order valence-corrected chi connectivity index (χ1v) is 6.29. The molecule has 0 aliphatic heterocycles. The van der Waals surface area contributed by atoms with Crippen molar-refractivity contribution < 1.29 is 4.79 Å². The maximum Gasteiger partial charge on any atom is 0.323 e. The first-order valence-electron chi connectivity index (χ1n) is 6.29. The van der Waals surface area contributed by atoms with Crippen LogP contribution in [0.25, 0.3) is 10.9 Å². The van der Waals surface area contributed by atoms with Gasteiger partial charge in [-0.1, -0.05) is 36.4 Å². The highest BCUT2D eigenvalue weighted by atomic mass is 16.2. The number of carbonyl (C=O) groups excluding carboxylic acids is 1. The second kappa shape index (κ2) is 5.40. The molecule has 0 unspecified atom stereocenters. The number of aromatic nitrogens is 1. The molecule has 2 N–H and O–H groups in total. The van der Waals surface area contributed by atoms with Gasteiger partial charge in [-0.2, -0.15) is 0 Å². The zero-order valence-electron chi connectivity index (χ0n) is 10.7. The van der Waals surface area contributed by atoms with E-state index in [9.17, 15) is 4.79 Å². The van der Waals surface area contributed by atoms with Gasteiger partial charge in [0.05, 0.1) is 17.4 Å². The van der Waals surface area contributed by atoms with Crippen LogP contribution in [0.5, 0.6) is 0 Å². The van der Waals surface area contributed by atoms with Crippen LogP contribution in [0.4, 0.5) is 16.2 Å². The molecule has 0 aliphatic rings. The van der Waals surface area contributed by atoms with Crippen molar-refractivity contribution in [3.63, 3.8) is 0 Å². The van der Waals surface area contributed by atoms with Crippen LogP contribution < -0.4 is 10.6 Å². The fourth-order valence-corrected chi connectivity index (χ4v) is 1.95. The van der Waals surface area contributed by atoms with Crippen LogP contribution in [0, 0.1) is 0 Å². The van der Waals surface area contributed by atoms with Gasteiger partial charge in [0.2, 0.25) is 0 Å². The monoisotopic (exact) mass is 263 g/mol. The molecule has 0 spiro atoms. The van der Waals surface area contributed by atoms with Gasteiger partial charge in [0.1, 0.15) is 0 Å². The van der Waals surface area contributed by atoms with E-state index < -0.39 is 0 Å². The third-order valence-corrected chi connectivity index (χ3v) is 2.88. The Bertz CT molecular complexity index is 741. The highest BCUT2D eigenvalue weighted by molar-refractivity contribution is 6.00. The minimum atomic E-state index is -0.284. The summed E-state index contributed by atoms with van der Waals surface area (Å²) in [6, 6.07) is 18.7. The fourth-order valence-electron chi connectivity index (χ4n) is 1.95. The van der Waals surface area contributed by atoms with Crippen LogP contribution >= 0.6 is 0 Å². The van der Waals surface area contributed by atoms with Crippen molar-refractivity contribution in [3.05, 3.63) is 66.9 Å². The van der Waals surface area contributed by atoms with Crippen molar-refractivity contribution in [2.45, 2.75) is 0 Å². The molecule has 2 aromatic carbocycles. The number of hydrogen-bond donors (Lipinski definition) is 2. The molecule has 20 heavy (non-hydrogen) atoms. The van der Waals surface area contributed by atoms with Gasteiger partial charge in [-0.05, 0) is 24.3 Å². The van der Waals surface area contributed by atoms with Gasteiger partial charge in [-0.15, -0.1) is 0 Å². The molecule has 0 atom stereocenters. The normalized spacial score (nSPS) is 10.2. The van der Waals surface area contributed by atoms with Gasteiger partial charge in [-0.25, -0.2) is 4.79 Å². The highest BCUT2D eigenvalue weighted by Crippen LogP contribution is 2.16. The maximum absolute atomic E-state index is 11.9. The summed E-state index contributed by atoms with van der Waals surface area (Å²) in [6.07, 6.45) is 1.65. The van der Waals surface area contributed by atoms with Crippen molar-refractivity contribution >= 4 is 28.3 Å². The third-order valence-electron chi connectivity index (χ3n) is 2.88. The highest BCUT2D eigenvalue weighted by Gasteiger charge is 2.03. The smallest absolute Gasteiger partial charge is 0.308 e. The van der Waals surface area contributed by atoms with Crippen LogP contribution in [0.15, 0.2) is 66.9 Å². The number of pyridine rings is 1. The minimum Gasteiger partial charge on any atom is -0.308 e. The molecule has 3 aromatic rings. The molecule has 1 heterocycles. The molecule has 98 valence electrons. The van der Waals surface area contributed by atoms with Crippen LogP contribution in [-0.4, -0.2) is 11.0 Å². The summed E-state index contributed by atoms with van der Waals surface area (Å²) in [7, 11) is 0. The Hall–Kier alpha value is -2.88. The Kier molecular flexibility index (Phi) is 3.29. The van der Waals surface area contributed by atoms with Crippen molar-refractivity contribution in [2.75, 3.05) is 10.6 Å². The van der Waals surface area contributed by atoms with Gasteiger partial charge in [-0.3, -0.25) is 4.98 Å². The summed E-state index contributed by atoms with van der Waals surface area (Å²) in [6.45, 7) is 0. The van der Waals surface area contributed by atoms with Crippen molar-refractivity contribution in [1.29, 1.82) is 0 Å². The molecule has 0 radical (unpaired) electrons. The first kappa shape index (κ1) is 12.2. The predicted molar refractivity (Wildman–Crippen MR) is 80.8 cm³/mol. The SMILES string of the molecule is O=C(Nc1ccccc1)Nc1cnc2ccccc2c1. The number of fused-ring (bicyclic) bond motifs is 1. The number of nitrogens with zero attached hydrogens (tertiary/aromatic N) is 1. The number of para-hydroxylation sites is 2. The lowest BCUT2D eigenvalue weighted by molar-refractivity contribution is 0.262. The Morgan fingerprint density at radius 3 is 2.40 bits per heavy atom. The Morgan fingerprint density at radius 1 is 0.850 bits per heavy atom. The molecule has 0 aliphatic carbocycles. The van der Waals surface area contributed by atoms with E-state index in [1.807, 2.05) is 60.7 Å². The van der Waals surface area contributed by atoms with Crippen molar-refractivity contribution in [1.82, 2.24) is 4.98 Å². The topological polar surface area (TPSA) is 54.0 Å². The summed E-state index contributed by atoms with van der Waals surface area (Å²) in [5.74, 6) is 0. The van der Waals surface area contributed by atoms with E-state index in [-0.39, 0.29) is 6.03 Å². The average Bonchev–Trinajstić information content (AvgIpc) is 2.48. The Balaban J connectivity index is 1.74. The average molecular weight is 263 g/mol. The molecule has 2 amide bonds. The molecule has 0 bridgehead atoms. The molecule has 0 saturated heterocycles. The van der Waals surface area contributed by atoms with Crippen LogP contribution in [0.1, 0.15) is 0 Å². The van der Waals surface area contributed by atoms with E-state index in [0.717, 1.165) is 16.6 Å². The van der Waals surface area contributed by atoms with E-state index in [1.54, 1.807) is 6.20 Å². The molecular weight excluding hydrogens is 250 g/mol. The largest absolute Gasteiger partial charge is 0.323 e. The lowest BCUT2D eigenvalue weighted by Gasteiger charge is -2.07. The summed E-state index contributed by atoms with van der Waals surface area (Å²) in [5.41, 5.74) is 2.32. The van der Waals surface area contributed by atoms with Crippen LogP contribution in [-0.2, 0) is 0 Å². The van der Waals surface area contributed by atoms with Gasteiger partial charge in [0.15, 0.2) is 0 Å². The third kappa shape index (κ3) is 2.75. The lowest BCUT2D eigenvalue weighted by Crippen LogP contribution is -2.19. The number of amides is 2. The number of rotatable bonds is 2. The molecule has 4 heteroatoms. The lowest BCUT2D eigenvalue weighted by atomic mass is 10.2. The Morgan fingerprint density at radius 2 is 1.55 bits per heavy atom. The van der Waals surface area contributed by atoms with E-state index >= 15 is 0 Å². The van der Waals surface area contributed by atoms with Crippen molar-refractivity contribution in [3.8, 4) is 0 Å². The first-order chi connectivity index (χ1) is 9.81. The van der Waals surface area contributed by atoms with Gasteiger partial charge < -0.3 is 10.6 Å². The molecular formula is C16H13N3O. The van der Waals surface area contributed by atoms with E-state index in [1.165, 1.54) is 0 Å². The molecule has 0 fully saturated rings. The Labute approximate surface area is 116 Å². The molecule has 0 saturated carbocycles. The molecule has 1 aromatic heterocycles. The van der Waals surface area contributed by atoms with Crippen LogP contribution in [0.3, 0.4) is 0 Å². The number of hydrogen-bond acceptors (Lipinski definition) is 2. The van der Waals surface area contributed by atoms with E-state index in [2.05, 4.69) is 15.6 Å². The van der Waals surface area contributed by atoms with Gasteiger partial charge >= 0.3 is 6.03 Å². The molecule has 3 rings (SSSR count). The zero-order valence-corrected chi connectivity index (χ0v) is 10.7. The number of nitrogens with one attached hydrogen (secondary N) is 2. The van der Waals surface area contributed by atoms with Crippen molar-refractivity contribution in [2.24, 2.45) is 0 Å². The zero-order chi connectivity index (χ0) is 13.8.